The van der Waals surface area contributed by atoms with Gasteiger partial charge in [0.1, 0.15) is 5.75 Å². The lowest BCUT2D eigenvalue weighted by Gasteiger charge is -2.21. The molecule has 0 aliphatic carbocycles. The van der Waals surface area contributed by atoms with Crippen molar-refractivity contribution in [2.75, 3.05) is 11.5 Å². The van der Waals surface area contributed by atoms with Crippen LogP contribution in [0.3, 0.4) is 0 Å². The number of rotatable bonds is 1. The third kappa shape index (κ3) is 2.74. The smallest absolute Gasteiger partial charge is 0.265 e. The van der Waals surface area contributed by atoms with Crippen LogP contribution in [0.5, 0.6) is 5.75 Å². The summed E-state index contributed by atoms with van der Waals surface area (Å²) in [6.07, 6.45) is 0. The maximum absolute atomic E-state index is 12.3. The summed E-state index contributed by atoms with van der Waals surface area (Å²) in [5, 5.41) is 0.645. The van der Waals surface area contributed by atoms with Crippen molar-refractivity contribution in [3.63, 3.8) is 0 Å². The topological polar surface area (TPSA) is 29.5 Å². The Morgan fingerprint density at radius 1 is 1.10 bits per heavy atom. The van der Waals surface area contributed by atoms with E-state index >= 15 is 0 Å². The Labute approximate surface area is 129 Å². The highest BCUT2D eigenvalue weighted by atomic mass is 35.5. The standard InChI is InChI=1S/C17H16ClNO2/c1-11-3-5-15(7-12(11)2)19-9-13-8-14(18)4-6-16(13)21-10-17(19)20/h3-8H,9-10H2,1-2H3. The van der Waals surface area contributed by atoms with Gasteiger partial charge in [0.25, 0.3) is 5.91 Å². The number of hydrogen-bond acceptors (Lipinski definition) is 2. The summed E-state index contributed by atoms with van der Waals surface area (Å²) < 4.78 is 5.57. The Morgan fingerprint density at radius 2 is 1.90 bits per heavy atom. The zero-order chi connectivity index (χ0) is 15.0. The molecule has 3 rings (SSSR count). The van der Waals surface area contributed by atoms with Gasteiger partial charge in [-0.25, -0.2) is 0 Å². The summed E-state index contributed by atoms with van der Waals surface area (Å²) in [5.74, 6) is 0.671. The van der Waals surface area contributed by atoms with Gasteiger partial charge in [-0.05, 0) is 55.3 Å². The van der Waals surface area contributed by atoms with Gasteiger partial charge in [-0.2, -0.15) is 0 Å². The second-order valence-electron chi connectivity index (χ2n) is 5.29. The van der Waals surface area contributed by atoms with Crippen LogP contribution in [0.2, 0.25) is 5.02 Å². The van der Waals surface area contributed by atoms with Crippen LogP contribution in [0.1, 0.15) is 16.7 Å². The van der Waals surface area contributed by atoms with E-state index in [9.17, 15) is 4.79 Å². The Morgan fingerprint density at radius 3 is 2.67 bits per heavy atom. The maximum Gasteiger partial charge on any atom is 0.265 e. The van der Waals surface area contributed by atoms with E-state index in [-0.39, 0.29) is 12.5 Å². The van der Waals surface area contributed by atoms with Crippen molar-refractivity contribution in [1.82, 2.24) is 0 Å². The van der Waals surface area contributed by atoms with E-state index in [0.717, 1.165) is 22.6 Å². The number of hydrogen-bond donors (Lipinski definition) is 0. The molecule has 21 heavy (non-hydrogen) atoms. The molecule has 2 aromatic carbocycles. The minimum Gasteiger partial charge on any atom is -0.483 e. The molecule has 0 saturated heterocycles. The molecular formula is C17H16ClNO2. The van der Waals surface area contributed by atoms with Crippen LogP contribution in [0, 0.1) is 13.8 Å². The molecule has 0 bridgehead atoms. The number of carbonyl (C=O) groups is 1. The zero-order valence-corrected chi connectivity index (χ0v) is 12.8. The van der Waals surface area contributed by atoms with Crippen LogP contribution in [0.4, 0.5) is 5.69 Å². The van der Waals surface area contributed by atoms with Gasteiger partial charge in [-0.15, -0.1) is 0 Å². The molecule has 0 saturated carbocycles. The van der Waals surface area contributed by atoms with E-state index in [1.54, 1.807) is 11.0 Å². The van der Waals surface area contributed by atoms with E-state index < -0.39 is 0 Å². The highest BCUT2D eigenvalue weighted by Crippen LogP contribution is 2.29. The summed E-state index contributed by atoms with van der Waals surface area (Å²) in [6.45, 7) is 4.61. The normalized spacial score (nSPS) is 14.4. The molecular weight excluding hydrogens is 286 g/mol. The van der Waals surface area contributed by atoms with Gasteiger partial charge in [-0.1, -0.05) is 17.7 Å². The van der Waals surface area contributed by atoms with E-state index in [1.165, 1.54) is 5.56 Å². The van der Waals surface area contributed by atoms with Crippen molar-refractivity contribution in [3.8, 4) is 5.75 Å². The third-order valence-corrected chi connectivity index (χ3v) is 4.04. The average Bonchev–Trinajstić information content (AvgIpc) is 2.61. The first kappa shape index (κ1) is 14.0. The fraction of sp³-hybridized carbons (Fsp3) is 0.235. The number of aryl methyl sites for hydroxylation is 2. The van der Waals surface area contributed by atoms with Crippen molar-refractivity contribution in [2.45, 2.75) is 20.4 Å². The van der Waals surface area contributed by atoms with Crippen molar-refractivity contribution < 1.29 is 9.53 Å². The molecule has 108 valence electrons. The van der Waals surface area contributed by atoms with Gasteiger partial charge in [-0.3, -0.25) is 4.79 Å². The highest BCUT2D eigenvalue weighted by molar-refractivity contribution is 6.30. The molecule has 1 aliphatic rings. The largest absolute Gasteiger partial charge is 0.483 e. The Bertz CT molecular complexity index is 712. The summed E-state index contributed by atoms with van der Waals surface area (Å²) in [6, 6.07) is 11.5. The molecule has 1 amide bonds. The van der Waals surface area contributed by atoms with Gasteiger partial charge in [0, 0.05) is 16.3 Å². The lowest BCUT2D eigenvalue weighted by Crippen LogP contribution is -2.32. The fourth-order valence-corrected chi connectivity index (χ4v) is 2.61. The monoisotopic (exact) mass is 301 g/mol. The fourth-order valence-electron chi connectivity index (χ4n) is 2.42. The number of amides is 1. The van der Waals surface area contributed by atoms with Crippen LogP contribution in [0.25, 0.3) is 0 Å². The minimum atomic E-state index is -0.0504. The predicted molar refractivity (Wildman–Crippen MR) is 84.1 cm³/mol. The number of anilines is 1. The summed E-state index contributed by atoms with van der Waals surface area (Å²) in [5.41, 5.74) is 4.18. The molecule has 1 aliphatic heterocycles. The SMILES string of the molecule is Cc1ccc(N2Cc3cc(Cl)ccc3OCC2=O)cc1C. The van der Waals surface area contributed by atoms with Gasteiger partial charge in [0.2, 0.25) is 0 Å². The van der Waals surface area contributed by atoms with Gasteiger partial charge >= 0.3 is 0 Å². The molecule has 4 heteroatoms. The van der Waals surface area contributed by atoms with Crippen LogP contribution in [0.15, 0.2) is 36.4 Å². The van der Waals surface area contributed by atoms with Gasteiger partial charge < -0.3 is 9.64 Å². The molecule has 1 heterocycles. The second kappa shape index (κ2) is 5.41. The maximum atomic E-state index is 12.3. The number of fused-ring (bicyclic) bond motifs is 1. The van der Waals surface area contributed by atoms with E-state index in [4.69, 9.17) is 16.3 Å². The number of carbonyl (C=O) groups excluding carboxylic acids is 1. The van der Waals surface area contributed by atoms with Crippen molar-refractivity contribution in [3.05, 3.63) is 58.1 Å². The molecule has 0 spiro atoms. The zero-order valence-electron chi connectivity index (χ0n) is 12.0. The van der Waals surface area contributed by atoms with Crippen molar-refractivity contribution >= 4 is 23.2 Å². The van der Waals surface area contributed by atoms with Gasteiger partial charge in [0.05, 0.1) is 6.54 Å². The quantitative estimate of drug-likeness (QED) is 0.800. The Balaban J connectivity index is 2.01. The summed E-state index contributed by atoms with van der Waals surface area (Å²) in [7, 11) is 0. The molecule has 3 nitrogen and oxygen atoms in total. The Hall–Kier alpha value is -2.00. The number of ether oxygens (including phenoxy) is 1. The van der Waals surface area contributed by atoms with Crippen LogP contribution in [-0.4, -0.2) is 12.5 Å². The van der Waals surface area contributed by atoms with Crippen LogP contribution in [-0.2, 0) is 11.3 Å². The number of nitrogens with zero attached hydrogens (tertiary/aromatic N) is 1. The number of benzene rings is 2. The molecule has 2 aromatic rings. The third-order valence-electron chi connectivity index (χ3n) is 3.81. The lowest BCUT2D eigenvalue weighted by molar-refractivity contribution is -0.120. The van der Waals surface area contributed by atoms with E-state index in [2.05, 4.69) is 6.92 Å². The molecule has 0 unspecified atom stereocenters. The van der Waals surface area contributed by atoms with E-state index in [1.807, 2.05) is 37.3 Å². The van der Waals surface area contributed by atoms with Crippen molar-refractivity contribution in [1.29, 1.82) is 0 Å². The summed E-state index contributed by atoms with van der Waals surface area (Å²) in [4.78, 5) is 14.1. The summed E-state index contributed by atoms with van der Waals surface area (Å²) >= 11 is 6.05. The van der Waals surface area contributed by atoms with Crippen LogP contribution >= 0.6 is 11.6 Å². The highest BCUT2D eigenvalue weighted by Gasteiger charge is 2.23. The minimum absolute atomic E-state index is 0.0432. The van der Waals surface area contributed by atoms with E-state index in [0.29, 0.717) is 11.6 Å². The van der Waals surface area contributed by atoms with Crippen molar-refractivity contribution in [2.24, 2.45) is 0 Å². The molecule has 0 aromatic heterocycles. The molecule has 0 fully saturated rings. The first-order valence-corrected chi connectivity index (χ1v) is 7.21. The first-order chi connectivity index (χ1) is 10.0. The van der Waals surface area contributed by atoms with Gasteiger partial charge in [0.15, 0.2) is 6.61 Å². The molecule has 0 atom stereocenters. The number of halogens is 1. The molecule has 0 N–H and O–H groups in total. The van der Waals surface area contributed by atoms with Crippen LogP contribution < -0.4 is 9.64 Å². The average molecular weight is 302 g/mol. The molecule has 0 radical (unpaired) electrons. The first-order valence-electron chi connectivity index (χ1n) is 6.83. The lowest BCUT2D eigenvalue weighted by atomic mass is 10.1. The predicted octanol–water partition coefficient (Wildman–Crippen LogP) is 3.88. The Kier molecular flexibility index (Phi) is 3.60. The second-order valence-corrected chi connectivity index (χ2v) is 5.73.